The largest absolute Gasteiger partial charge is 0.492 e. The number of amides is 4. The number of nitrogens with two attached hydrogens (primary N) is 1. The van der Waals surface area contributed by atoms with E-state index in [1.807, 2.05) is 0 Å². The van der Waals surface area contributed by atoms with E-state index in [4.69, 9.17) is 10.5 Å². The van der Waals surface area contributed by atoms with E-state index in [9.17, 15) is 24.3 Å². The normalized spacial score (nSPS) is 23.7. The number of aliphatic hydroxyl groups is 1. The molecule has 0 saturated carbocycles. The van der Waals surface area contributed by atoms with E-state index < -0.39 is 35.3 Å². The predicted octanol–water partition coefficient (Wildman–Crippen LogP) is -0.748. The summed E-state index contributed by atoms with van der Waals surface area (Å²) in [5.41, 5.74) is 5.25. The van der Waals surface area contributed by atoms with Gasteiger partial charge in [0.2, 0.25) is 11.8 Å². The summed E-state index contributed by atoms with van der Waals surface area (Å²) in [6.07, 6.45) is 1.44. The van der Waals surface area contributed by atoms with Crippen molar-refractivity contribution in [3.05, 3.63) is 29.3 Å². The molecular formula is C21H26N4O6. The zero-order chi connectivity index (χ0) is 22.2. The molecule has 10 nitrogen and oxygen atoms in total. The number of nitrogens with zero attached hydrogens (tertiary/aromatic N) is 2. The van der Waals surface area contributed by atoms with E-state index in [2.05, 4.69) is 10.2 Å². The van der Waals surface area contributed by atoms with Crippen LogP contribution in [0.5, 0.6) is 5.75 Å². The minimum Gasteiger partial charge on any atom is -0.492 e. The molecule has 1 atom stereocenters. The number of hydrogen-bond donors (Lipinski definition) is 3. The first kappa shape index (κ1) is 21.4. The van der Waals surface area contributed by atoms with Gasteiger partial charge in [0.25, 0.3) is 11.8 Å². The van der Waals surface area contributed by atoms with Crippen molar-refractivity contribution in [2.24, 2.45) is 5.73 Å². The summed E-state index contributed by atoms with van der Waals surface area (Å²) >= 11 is 0. The average Bonchev–Trinajstić information content (AvgIpc) is 3.00. The van der Waals surface area contributed by atoms with Gasteiger partial charge in [-0.05, 0) is 37.5 Å². The number of carbonyl (C=O) groups is 4. The third kappa shape index (κ3) is 4.18. The Labute approximate surface area is 179 Å². The maximum Gasteiger partial charge on any atom is 0.262 e. The van der Waals surface area contributed by atoms with Gasteiger partial charge in [-0.2, -0.15) is 0 Å². The zero-order valence-electron chi connectivity index (χ0n) is 17.1. The van der Waals surface area contributed by atoms with Crippen molar-refractivity contribution in [3.8, 4) is 5.75 Å². The van der Waals surface area contributed by atoms with Crippen LogP contribution in [0.15, 0.2) is 18.2 Å². The Bertz CT molecular complexity index is 924. The van der Waals surface area contributed by atoms with Crippen LogP contribution in [-0.4, -0.2) is 83.0 Å². The lowest BCUT2D eigenvalue weighted by Crippen LogP contribution is -2.54. The standard InChI is InChI=1S/C21H26N4O6/c22-12-21(30)5-7-24(8-6-21)9-10-31-13-1-2-14-15(11-13)20(29)25(19(14)28)16-3-4-17(26)23-18(16)27/h1-2,11,16,30H,3-10,12,22H2,(H,23,26,27). The topological polar surface area (TPSA) is 142 Å². The molecule has 3 aliphatic rings. The van der Waals surface area contributed by atoms with E-state index in [1.165, 1.54) is 12.1 Å². The first-order chi connectivity index (χ1) is 14.8. The number of piperidine rings is 2. The van der Waals surface area contributed by atoms with Crippen molar-refractivity contribution in [2.75, 3.05) is 32.8 Å². The third-order valence-electron chi connectivity index (χ3n) is 6.25. The van der Waals surface area contributed by atoms with Gasteiger partial charge in [0, 0.05) is 32.6 Å². The first-order valence-corrected chi connectivity index (χ1v) is 10.4. The second kappa shape index (κ2) is 8.37. The fourth-order valence-electron chi connectivity index (χ4n) is 4.23. The van der Waals surface area contributed by atoms with Crippen LogP contribution >= 0.6 is 0 Å². The van der Waals surface area contributed by atoms with Crippen molar-refractivity contribution in [1.29, 1.82) is 0 Å². The van der Waals surface area contributed by atoms with Crippen molar-refractivity contribution in [1.82, 2.24) is 15.1 Å². The van der Waals surface area contributed by atoms with Gasteiger partial charge in [-0.1, -0.05) is 0 Å². The molecule has 1 unspecified atom stereocenters. The highest BCUT2D eigenvalue weighted by atomic mass is 16.5. The van der Waals surface area contributed by atoms with Gasteiger partial charge in [0.05, 0.1) is 16.7 Å². The van der Waals surface area contributed by atoms with Gasteiger partial charge in [-0.15, -0.1) is 0 Å². The first-order valence-electron chi connectivity index (χ1n) is 10.4. The smallest absolute Gasteiger partial charge is 0.262 e. The second-order valence-electron chi connectivity index (χ2n) is 8.27. The summed E-state index contributed by atoms with van der Waals surface area (Å²) < 4.78 is 5.78. The van der Waals surface area contributed by atoms with E-state index >= 15 is 0 Å². The number of nitrogens with one attached hydrogen (secondary N) is 1. The quantitative estimate of drug-likeness (QED) is 0.501. The Kier molecular flexibility index (Phi) is 5.78. The Hall–Kier alpha value is -2.82. The fraction of sp³-hybridized carbons (Fsp3) is 0.524. The van der Waals surface area contributed by atoms with Crippen molar-refractivity contribution in [2.45, 2.75) is 37.3 Å². The molecule has 2 saturated heterocycles. The second-order valence-corrected chi connectivity index (χ2v) is 8.27. The van der Waals surface area contributed by atoms with Gasteiger partial charge in [-0.3, -0.25) is 34.3 Å². The Morgan fingerprint density at radius 2 is 1.84 bits per heavy atom. The number of likely N-dealkylation sites (tertiary alicyclic amines) is 1. The molecule has 0 spiro atoms. The summed E-state index contributed by atoms with van der Waals surface area (Å²) in [5.74, 6) is -1.68. The highest BCUT2D eigenvalue weighted by Crippen LogP contribution is 2.30. The highest BCUT2D eigenvalue weighted by molar-refractivity contribution is 6.23. The molecule has 166 valence electrons. The number of hydrogen-bond acceptors (Lipinski definition) is 8. The maximum absolute atomic E-state index is 12.8. The van der Waals surface area contributed by atoms with Crippen LogP contribution in [-0.2, 0) is 9.59 Å². The number of ether oxygens (including phenoxy) is 1. The van der Waals surface area contributed by atoms with Gasteiger partial charge in [0.1, 0.15) is 18.4 Å². The molecule has 31 heavy (non-hydrogen) atoms. The summed E-state index contributed by atoms with van der Waals surface area (Å²) in [4.78, 5) is 52.1. The molecular weight excluding hydrogens is 404 g/mol. The van der Waals surface area contributed by atoms with Gasteiger partial charge in [-0.25, -0.2) is 0 Å². The van der Waals surface area contributed by atoms with Crippen LogP contribution in [0, 0.1) is 0 Å². The lowest BCUT2D eigenvalue weighted by molar-refractivity contribution is -0.136. The van der Waals surface area contributed by atoms with Crippen LogP contribution in [0.25, 0.3) is 0 Å². The maximum atomic E-state index is 12.8. The number of imide groups is 2. The molecule has 1 aromatic rings. The third-order valence-corrected chi connectivity index (χ3v) is 6.25. The predicted molar refractivity (Wildman–Crippen MR) is 108 cm³/mol. The SMILES string of the molecule is NCC1(O)CCN(CCOc2ccc3c(c2)C(=O)N(C2CCC(=O)NC2=O)C3=O)CC1. The van der Waals surface area contributed by atoms with Crippen LogP contribution in [0.4, 0.5) is 0 Å². The van der Waals surface area contributed by atoms with Crippen LogP contribution < -0.4 is 15.8 Å². The minimum atomic E-state index is -0.985. The molecule has 4 amide bonds. The summed E-state index contributed by atoms with van der Waals surface area (Å²) in [7, 11) is 0. The zero-order valence-corrected chi connectivity index (χ0v) is 17.1. The molecule has 4 N–H and O–H groups in total. The lowest BCUT2D eigenvalue weighted by atomic mass is 9.92. The molecule has 4 rings (SSSR count). The van der Waals surface area contributed by atoms with Gasteiger partial charge in [0.15, 0.2) is 0 Å². The molecule has 10 heteroatoms. The highest BCUT2D eigenvalue weighted by Gasteiger charge is 2.44. The average molecular weight is 430 g/mol. The summed E-state index contributed by atoms with van der Waals surface area (Å²) in [6, 6.07) is 3.69. The van der Waals surface area contributed by atoms with Crippen LogP contribution in [0.1, 0.15) is 46.4 Å². The number of carbonyl (C=O) groups excluding carboxylic acids is 4. The molecule has 2 fully saturated rings. The van der Waals surface area contributed by atoms with E-state index in [0.717, 1.165) is 18.0 Å². The van der Waals surface area contributed by atoms with Crippen molar-refractivity contribution in [3.63, 3.8) is 0 Å². The molecule has 0 aliphatic carbocycles. The molecule has 1 aromatic carbocycles. The molecule has 0 bridgehead atoms. The Morgan fingerprint density at radius 3 is 2.52 bits per heavy atom. The lowest BCUT2D eigenvalue weighted by Gasteiger charge is -2.37. The van der Waals surface area contributed by atoms with Gasteiger partial charge < -0.3 is 15.6 Å². The molecule has 3 aliphatic heterocycles. The summed E-state index contributed by atoms with van der Waals surface area (Å²) in [5, 5.41) is 12.4. The van der Waals surface area contributed by atoms with Crippen LogP contribution in [0.3, 0.4) is 0 Å². The number of benzene rings is 1. The minimum absolute atomic E-state index is 0.0807. The van der Waals surface area contributed by atoms with Crippen LogP contribution in [0.2, 0.25) is 0 Å². The van der Waals surface area contributed by atoms with E-state index in [0.29, 0.717) is 31.7 Å². The van der Waals surface area contributed by atoms with E-state index in [1.54, 1.807) is 6.07 Å². The number of rotatable bonds is 6. The fourth-order valence-corrected chi connectivity index (χ4v) is 4.23. The number of fused-ring (bicyclic) bond motifs is 1. The van der Waals surface area contributed by atoms with Crippen molar-refractivity contribution < 1.29 is 29.0 Å². The Balaban J connectivity index is 1.36. The van der Waals surface area contributed by atoms with Crippen molar-refractivity contribution >= 4 is 23.6 Å². The van der Waals surface area contributed by atoms with Gasteiger partial charge >= 0.3 is 0 Å². The molecule has 3 heterocycles. The van der Waals surface area contributed by atoms with E-state index in [-0.39, 0.29) is 30.5 Å². The monoisotopic (exact) mass is 430 g/mol. The Morgan fingerprint density at radius 1 is 1.13 bits per heavy atom. The molecule has 0 radical (unpaired) electrons. The summed E-state index contributed by atoms with van der Waals surface area (Å²) in [6.45, 7) is 2.77. The molecule has 0 aromatic heterocycles.